The summed E-state index contributed by atoms with van der Waals surface area (Å²) in [6, 6.07) is 5.88. The van der Waals surface area contributed by atoms with Crippen LogP contribution in [0.25, 0.3) is 0 Å². The molecule has 0 saturated heterocycles. The predicted octanol–water partition coefficient (Wildman–Crippen LogP) is 2.92. The molecule has 3 heteroatoms. The molecule has 2 atom stereocenters. The summed E-state index contributed by atoms with van der Waals surface area (Å²) in [6.45, 7) is 6.44. The lowest BCUT2D eigenvalue weighted by Crippen LogP contribution is -2.27. The molecule has 90 valence electrons. The first kappa shape index (κ1) is 13.1. The highest BCUT2D eigenvalue weighted by atomic mass is 19.1. The van der Waals surface area contributed by atoms with Gasteiger partial charge in [-0.2, -0.15) is 0 Å². The van der Waals surface area contributed by atoms with Gasteiger partial charge in [0.1, 0.15) is 11.9 Å². The quantitative estimate of drug-likeness (QED) is 0.836. The largest absolute Gasteiger partial charge is 0.386 e. The van der Waals surface area contributed by atoms with Gasteiger partial charge in [-0.25, -0.2) is 4.39 Å². The molecule has 0 aliphatic carbocycles. The summed E-state index contributed by atoms with van der Waals surface area (Å²) in [6.07, 6.45) is -0.962. The molecule has 2 unspecified atom stereocenters. The van der Waals surface area contributed by atoms with Crippen molar-refractivity contribution in [3.63, 3.8) is 0 Å². The smallest absolute Gasteiger partial charge is 0.123 e. The number of aliphatic hydroxyl groups is 1. The van der Waals surface area contributed by atoms with Crippen LogP contribution in [0.1, 0.15) is 32.4 Å². The molecule has 1 rings (SSSR count). The lowest BCUT2D eigenvalue weighted by Gasteiger charge is -2.26. The molecule has 0 heterocycles. The van der Waals surface area contributed by atoms with E-state index in [0.717, 1.165) is 0 Å². The Balaban J connectivity index is 2.81. The maximum absolute atomic E-state index is 12.7. The van der Waals surface area contributed by atoms with Gasteiger partial charge in [0.15, 0.2) is 0 Å². The van der Waals surface area contributed by atoms with E-state index in [1.54, 1.807) is 12.1 Å². The second-order valence-corrected chi connectivity index (χ2v) is 4.16. The van der Waals surface area contributed by atoms with Crippen molar-refractivity contribution < 1.29 is 14.2 Å². The van der Waals surface area contributed by atoms with E-state index < -0.39 is 6.10 Å². The molecule has 1 aromatic rings. The monoisotopic (exact) mass is 226 g/mol. The Bertz CT molecular complexity index is 308. The minimum absolute atomic E-state index is 0.208. The third kappa shape index (κ3) is 3.29. The number of ether oxygens (including phenoxy) is 1. The number of hydrogen-bond acceptors (Lipinski definition) is 2. The third-order valence-electron chi connectivity index (χ3n) is 2.54. The fourth-order valence-electron chi connectivity index (χ4n) is 1.69. The Hall–Kier alpha value is -0.930. The van der Waals surface area contributed by atoms with Crippen LogP contribution >= 0.6 is 0 Å². The first-order chi connectivity index (χ1) is 7.56. The fourth-order valence-corrected chi connectivity index (χ4v) is 1.69. The number of rotatable bonds is 5. The van der Waals surface area contributed by atoms with Crippen molar-refractivity contribution in [2.45, 2.75) is 33.0 Å². The van der Waals surface area contributed by atoms with Crippen LogP contribution in [0.5, 0.6) is 0 Å². The van der Waals surface area contributed by atoms with E-state index in [1.807, 2.05) is 20.8 Å². The topological polar surface area (TPSA) is 29.5 Å². The minimum Gasteiger partial charge on any atom is -0.386 e. The van der Waals surface area contributed by atoms with Crippen LogP contribution in [-0.4, -0.2) is 17.8 Å². The first-order valence-electron chi connectivity index (χ1n) is 5.61. The highest BCUT2D eigenvalue weighted by molar-refractivity contribution is 5.19. The molecule has 1 N–H and O–H groups in total. The highest BCUT2D eigenvalue weighted by Crippen LogP contribution is 2.24. The van der Waals surface area contributed by atoms with Crippen LogP contribution < -0.4 is 0 Å². The summed E-state index contributed by atoms with van der Waals surface area (Å²) < 4.78 is 18.3. The Morgan fingerprint density at radius 2 is 1.81 bits per heavy atom. The van der Waals surface area contributed by atoms with Gasteiger partial charge >= 0.3 is 0 Å². The summed E-state index contributed by atoms with van der Waals surface area (Å²) in [5.74, 6) is -0.0894. The molecule has 0 aliphatic rings. The average Bonchev–Trinajstić information content (AvgIpc) is 2.25. The Morgan fingerprint density at radius 1 is 1.25 bits per heavy atom. The average molecular weight is 226 g/mol. The van der Waals surface area contributed by atoms with E-state index in [0.29, 0.717) is 12.2 Å². The lowest BCUT2D eigenvalue weighted by atomic mass is 9.96. The maximum atomic E-state index is 12.7. The third-order valence-corrected chi connectivity index (χ3v) is 2.54. The molecule has 0 fully saturated rings. The van der Waals surface area contributed by atoms with Crippen LogP contribution in [0.4, 0.5) is 4.39 Å². The van der Waals surface area contributed by atoms with Gasteiger partial charge in [-0.15, -0.1) is 0 Å². The molecule has 1 aromatic carbocycles. The number of halogens is 1. The van der Waals surface area contributed by atoms with Crippen molar-refractivity contribution in [1.29, 1.82) is 0 Å². The van der Waals surface area contributed by atoms with E-state index in [-0.39, 0.29) is 17.8 Å². The molecule has 0 spiro atoms. The summed E-state index contributed by atoms with van der Waals surface area (Å²) in [5, 5.41) is 10.1. The van der Waals surface area contributed by atoms with E-state index in [2.05, 4.69) is 0 Å². The van der Waals surface area contributed by atoms with Crippen molar-refractivity contribution in [3.8, 4) is 0 Å². The van der Waals surface area contributed by atoms with Gasteiger partial charge in [0.2, 0.25) is 0 Å². The number of aliphatic hydroxyl groups excluding tert-OH is 1. The normalized spacial score (nSPS) is 15.1. The second-order valence-electron chi connectivity index (χ2n) is 4.16. The zero-order chi connectivity index (χ0) is 12.1. The van der Waals surface area contributed by atoms with Gasteiger partial charge in [0.05, 0.1) is 6.10 Å². The fraction of sp³-hybridized carbons (Fsp3) is 0.538. The Labute approximate surface area is 96.1 Å². The summed E-state index contributed by atoms with van der Waals surface area (Å²) in [5.41, 5.74) is 0.688. The van der Waals surface area contributed by atoms with E-state index in [9.17, 15) is 9.50 Å². The number of benzene rings is 1. The summed E-state index contributed by atoms with van der Waals surface area (Å²) >= 11 is 0. The molecular formula is C13H19FO2. The van der Waals surface area contributed by atoms with Crippen molar-refractivity contribution in [2.75, 3.05) is 6.61 Å². The van der Waals surface area contributed by atoms with Gasteiger partial charge in [-0.3, -0.25) is 0 Å². The van der Waals surface area contributed by atoms with Crippen LogP contribution in [0.15, 0.2) is 24.3 Å². The van der Waals surface area contributed by atoms with E-state index in [4.69, 9.17) is 4.74 Å². The minimum atomic E-state index is -0.708. The van der Waals surface area contributed by atoms with Gasteiger partial charge in [-0.1, -0.05) is 26.0 Å². The zero-order valence-electron chi connectivity index (χ0n) is 9.98. The van der Waals surface area contributed by atoms with E-state index in [1.165, 1.54) is 12.1 Å². The molecule has 0 aromatic heterocycles. The van der Waals surface area contributed by atoms with Crippen molar-refractivity contribution in [1.82, 2.24) is 0 Å². The van der Waals surface area contributed by atoms with Crippen molar-refractivity contribution in [2.24, 2.45) is 5.92 Å². The molecule has 16 heavy (non-hydrogen) atoms. The van der Waals surface area contributed by atoms with Crippen LogP contribution in [0.2, 0.25) is 0 Å². The predicted molar refractivity (Wildman–Crippen MR) is 61.6 cm³/mol. The highest BCUT2D eigenvalue weighted by Gasteiger charge is 2.24. The molecular weight excluding hydrogens is 207 g/mol. The van der Waals surface area contributed by atoms with Gasteiger partial charge in [0.25, 0.3) is 0 Å². The zero-order valence-corrected chi connectivity index (χ0v) is 9.98. The molecule has 0 saturated carbocycles. The van der Waals surface area contributed by atoms with Gasteiger partial charge in [-0.05, 0) is 30.5 Å². The van der Waals surface area contributed by atoms with E-state index >= 15 is 0 Å². The Kier molecular flexibility index (Phi) is 4.90. The van der Waals surface area contributed by atoms with Crippen LogP contribution in [0, 0.1) is 11.7 Å². The molecule has 0 aliphatic heterocycles. The standard InChI is InChI=1S/C13H19FO2/c1-4-16-13(9(2)3)12(15)10-5-7-11(14)8-6-10/h5-9,12-13,15H,4H2,1-3H3. The Morgan fingerprint density at radius 3 is 2.25 bits per heavy atom. The lowest BCUT2D eigenvalue weighted by molar-refractivity contribution is -0.0585. The van der Waals surface area contributed by atoms with Crippen molar-refractivity contribution in [3.05, 3.63) is 35.6 Å². The molecule has 0 bridgehead atoms. The van der Waals surface area contributed by atoms with Crippen LogP contribution in [-0.2, 0) is 4.74 Å². The second kappa shape index (κ2) is 5.97. The van der Waals surface area contributed by atoms with Gasteiger partial charge < -0.3 is 9.84 Å². The molecule has 0 radical (unpaired) electrons. The molecule has 0 amide bonds. The SMILES string of the molecule is CCOC(C(C)C)C(O)c1ccc(F)cc1. The van der Waals surface area contributed by atoms with Crippen molar-refractivity contribution >= 4 is 0 Å². The maximum Gasteiger partial charge on any atom is 0.123 e. The van der Waals surface area contributed by atoms with Gasteiger partial charge in [0, 0.05) is 6.61 Å². The number of hydrogen-bond donors (Lipinski definition) is 1. The summed E-state index contributed by atoms with van der Waals surface area (Å²) in [4.78, 5) is 0. The van der Waals surface area contributed by atoms with Crippen LogP contribution in [0.3, 0.4) is 0 Å². The first-order valence-corrected chi connectivity index (χ1v) is 5.61. The summed E-state index contributed by atoms with van der Waals surface area (Å²) in [7, 11) is 0. The molecule has 2 nitrogen and oxygen atoms in total.